The van der Waals surface area contributed by atoms with E-state index < -0.39 is 0 Å². The van der Waals surface area contributed by atoms with E-state index in [-0.39, 0.29) is 5.97 Å². The van der Waals surface area contributed by atoms with Gasteiger partial charge < -0.3 is 15.8 Å². The van der Waals surface area contributed by atoms with Gasteiger partial charge in [-0.05, 0) is 44.0 Å². The molecule has 94 valence electrons. The lowest BCUT2D eigenvalue weighted by atomic mass is 10.2. The number of carbonyl (C=O) groups excluding carboxylic acids is 1. The van der Waals surface area contributed by atoms with E-state index >= 15 is 0 Å². The fourth-order valence-electron chi connectivity index (χ4n) is 1.61. The zero-order chi connectivity index (χ0) is 12.7. The van der Waals surface area contributed by atoms with Crippen molar-refractivity contribution in [3.05, 3.63) is 23.8 Å². The van der Waals surface area contributed by atoms with E-state index in [9.17, 15) is 4.79 Å². The fraction of sp³-hybridized carbons (Fsp3) is 0.462. The Hall–Kier alpha value is -1.71. The number of carbonyl (C=O) groups is 1. The lowest BCUT2D eigenvalue weighted by Crippen LogP contribution is -2.08. The van der Waals surface area contributed by atoms with Crippen molar-refractivity contribution in [3.63, 3.8) is 0 Å². The summed E-state index contributed by atoms with van der Waals surface area (Å²) in [7, 11) is 0. The van der Waals surface area contributed by atoms with Crippen molar-refractivity contribution in [2.45, 2.75) is 26.7 Å². The molecule has 1 aromatic carbocycles. The summed E-state index contributed by atoms with van der Waals surface area (Å²) in [5.74, 6) is -0.141. The van der Waals surface area contributed by atoms with E-state index in [1.165, 1.54) is 0 Å². The van der Waals surface area contributed by atoms with E-state index in [0.29, 0.717) is 13.0 Å². The monoisotopic (exact) mass is 236 g/mol. The minimum Gasteiger partial charge on any atom is -0.466 e. The number of esters is 1. The van der Waals surface area contributed by atoms with Crippen molar-refractivity contribution in [2.75, 3.05) is 24.2 Å². The maximum absolute atomic E-state index is 11.1. The molecule has 4 heteroatoms. The van der Waals surface area contributed by atoms with Crippen molar-refractivity contribution in [1.82, 2.24) is 0 Å². The number of hydrogen-bond donors (Lipinski definition) is 2. The highest BCUT2D eigenvalue weighted by Gasteiger charge is 2.01. The van der Waals surface area contributed by atoms with Crippen LogP contribution in [0.15, 0.2) is 18.2 Å². The molecule has 1 rings (SSSR count). The first-order valence-corrected chi connectivity index (χ1v) is 5.88. The number of nitrogens with two attached hydrogens (primary N) is 1. The minimum atomic E-state index is -0.141. The van der Waals surface area contributed by atoms with Gasteiger partial charge in [0.05, 0.1) is 6.61 Å². The molecule has 0 bridgehead atoms. The van der Waals surface area contributed by atoms with Gasteiger partial charge >= 0.3 is 5.97 Å². The number of hydrogen-bond acceptors (Lipinski definition) is 4. The zero-order valence-electron chi connectivity index (χ0n) is 10.5. The van der Waals surface area contributed by atoms with E-state index in [0.717, 1.165) is 29.9 Å². The Labute approximate surface area is 102 Å². The molecule has 0 unspecified atom stereocenters. The lowest BCUT2D eigenvalue weighted by molar-refractivity contribution is -0.143. The second kappa shape index (κ2) is 6.78. The first-order valence-electron chi connectivity index (χ1n) is 5.88. The van der Waals surface area contributed by atoms with Crippen LogP contribution in [0.4, 0.5) is 11.4 Å². The Balaban J connectivity index is 2.28. The third-order valence-corrected chi connectivity index (χ3v) is 2.29. The molecule has 0 heterocycles. The minimum absolute atomic E-state index is 0.141. The molecule has 0 radical (unpaired) electrons. The number of ether oxygens (including phenoxy) is 1. The highest BCUT2D eigenvalue weighted by molar-refractivity contribution is 5.69. The van der Waals surface area contributed by atoms with E-state index in [1.54, 1.807) is 0 Å². The smallest absolute Gasteiger partial charge is 0.305 e. The molecular weight excluding hydrogens is 216 g/mol. The molecule has 1 aromatic rings. The lowest BCUT2D eigenvalue weighted by Gasteiger charge is -2.08. The quantitative estimate of drug-likeness (QED) is 0.452. The molecule has 0 aliphatic rings. The van der Waals surface area contributed by atoms with Gasteiger partial charge in [0, 0.05) is 24.3 Å². The topological polar surface area (TPSA) is 64.3 Å². The highest BCUT2D eigenvalue weighted by atomic mass is 16.5. The molecule has 0 aliphatic carbocycles. The van der Waals surface area contributed by atoms with Gasteiger partial charge in [-0.2, -0.15) is 0 Å². The Kier molecular flexibility index (Phi) is 5.33. The zero-order valence-corrected chi connectivity index (χ0v) is 10.5. The van der Waals surface area contributed by atoms with Gasteiger partial charge in [0.25, 0.3) is 0 Å². The van der Waals surface area contributed by atoms with Crippen molar-refractivity contribution in [3.8, 4) is 0 Å². The SMILES string of the molecule is CCOC(=O)CCCNc1cc(C)cc(N)c1. The summed E-state index contributed by atoms with van der Waals surface area (Å²) >= 11 is 0. The van der Waals surface area contributed by atoms with E-state index in [4.69, 9.17) is 10.5 Å². The van der Waals surface area contributed by atoms with Gasteiger partial charge in [-0.1, -0.05) is 0 Å². The van der Waals surface area contributed by atoms with Crippen LogP contribution in [0, 0.1) is 6.92 Å². The Bertz CT molecular complexity index is 357. The summed E-state index contributed by atoms with van der Waals surface area (Å²) in [6, 6.07) is 5.84. The highest BCUT2D eigenvalue weighted by Crippen LogP contribution is 2.15. The van der Waals surface area contributed by atoms with Gasteiger partial charge in [0.2, 0.25) is 0 Å². The average molecular weight is 236 g/mol. The molecule has 0 fully saturated rings. The maximum atomic E-state index is 11.1. The third-order valence-electron chi connectivity index (χ3n) is 2.29. The van der Waals surface area contributed by atoms with Gasteiger partial charge in [-0.3, -0.25) is 4.79 Å². The van der Waals surface area contributed by atoms with Crippen LogP contribution in [0.2, 0.25) is 0 Å². The average Bonchev–Trinajstić information content (AvgIpc) is 2.23. The molecular formula is C13H20N2O2. The molecule has 0 spiro atoms. The van der Waals surface area contributed by atoms with Gasteiger partial charge in [-0.25, -0.2) is 0 Å². The molecule has 0 atom stereocenters. The first kappa shape index (κ1) is 13.4. The molecule has 0 amide bonds. The number of anilines is 2. The molecule has 4 nitrogen and oxygen atoms in total. The van der Waals surface area contributed by atoms with E-state index in [1.807, 2.05) is 32.0 Å². The largest absolute Gasteiger partial charge is 0.466 e. The van der Waals surface area contributed by atoms with Crippen LogP contribution in [0.3, 0.4) is 0 Å². The van der Waals surface area contributed by atoms with Crippen molar-refractivity contribution >= 4 is 17.3 Å². The van der Waals surface area contributed by atoms with Crippen LogP contribution >= 0.6 is 0 Å². The predicted octanol–water partition coefficient (Wildman–Crippen LogP) is 2.33. The van der Waals surface area contributed by atoms with Crippen molar-refractivity contribution < 1.29 is 9.53 Å². The van der Waals surface area contributed by atoms with Crippen molar-refractivity contribution in [1.29, 1.82) is 0 Å². The second-order valence-electron chi connectivity index (χ2n) is 3.97. The normalized spacial score (nSPS) is 10.0. The Morgan fingerprint density at radius 1 is 1.41 bits per heavy atom. The fourth-order valence-corrected chi connectivity index (χ4v) is 1.61. The van der Waals surface area contributed by atoms with Crippen LogP contribution in [-0.2, 0) is 9.53 Å². The standard InChI is InChI=1S/C13H20N2O2/c1-3-17-13(16)5-4-6-15-12-8-10(2)7-11(14)9-12/h7-9,15H,3-6,14H2,1-2H3. The molecule has 0 saturated carbocycles. The van der Waals surface area contributed by atoms with Gasteiger partial charge in [-0.15, -0.1) is 0 Å². The van der Waals surface area contributed by atoms with Crippen LogP contribution in [-0.4, -0.2) is 19.1 Å². The number of rotatable bonds is 6. The molecule has 0 aliphatic heterocycles. The van der Waals surface area contributed by atoms with Crippen LogP contribution in [0.5, 0.6) is 0 Å². The number of benzene rings is 1. The van der Waals surface area contributed by atoms with Gasteiger partial charge in [0.1, 0.15) is 0 Å². The summed E-state index contributed by atoms with van der Waals surface area (Å²) in [5, 5.41) is 3.24. The first-order chi connectivity index (χ1) is 8.11. The molecule has 17 heavy (non-hydrogen) atoms. The number of nitrogens with one attached hydrogen (secondary N) is 1. The summed E-state index contributed by atoms with van der Waals surface area (Å²) in [6.45, 7) is 4.99. The Morgan fingerprint density at radius 3 is 2.82 bits per heavy atom. The van der Waals surface area contributed by atoms with Crippen LogP contribution in [0.25, 0.3) is 0 Å². The molecule has 0 aromatic heterocycles. The van der Waals surface area contributed by atoms with Crippen LogP contribution < -0.4 is 11.1 Å². The summed E-state index contributed by atoms with van der Waals surface area (Å²) in [6.07, 6.45) is 1.20. The number of aryl methyl sites for hydroxylation is 1. The number of nitrogen functional groups attached to an aromatic ring is 1. The van der Waals surface area contributed by atoms with Crippen LogP contribution in [0.1, 0.15) is 25.3 Å². The Morgan fingerprint density at radius 2 is 2.18 bits per heavy atom. The summed E-state index contributed by atoms with van der Waals surface area (Å²) in [4.78, 5) is 11.1. The summed E-state index contributed by atoms with van der Waals surface area (Å²) < 4.78 is 4.85. The summed E-state index contributed by atoms with van der Waals surface area (Å²) in [5.41, 5.74) is 8.60. The third kappa shape index (κ3) is 5.24. The van der Waals surface area contributed by atoms with Gasteiger partial charge in [0.15, 0.2) is 0 Å². The van der Waals surface area contributed by atoms with Crippen molar-refractivity contribution in [2.24, 2.45) is 0 Å². The van der Waals surface area contributed by atoms with E-state index in [2.05, 4.69) is 5.32 Å². The maximum Gasteiger partial charge on any atom is 0.305 e. The second-order valence-corrected chi connectivity index (χ2v) is 3.97. The molecule has 3 N–H and O–H groups in total. The predicted molar refractivity (Wildman–Crippen MR) is 69.9 cm³/mol. The molecule has 0 saturated heterocycles.